The maximum absolute atomic E-state index is 12.6. The summed E-state index contributed by atoms with van der Waals surface area (Å²) in [6, 6.07) is 5.44. The lowest BCUT2D eigenvalue weighted by atomic mass is 9.99. The van der Waals surface area contributed by atoms with Crippen molar-refractivity contribution in [1.82, 2.24) is 10.4 Å². The van der Waals surface area contributed by atoms with E-state index < -0.39 is 16.6 Å². The Bertz CT molecular complexity index is 779. The molecule has 0 radical (unpaired) electrons. The maximum Gasteiger partial charge on any atom is 0.281 e. The number of carbonyl (C=O) groups is 2. The highest BCUT2D eigenvalue weighted by molar-refractivity contribution is 6.12. The SMILES string of the molecule is Cc1[nH]c(C(=O)NN)c(C)c1C(=O)c1cccc([N+](=O)[O-])c1. The zero-order chi connectivity index (χ0) is 16.4. The number of non-ortho nitro benzene ring substituents is 1. The van der Waals surface area contributed by atoms with E-state index in [2.05, 4.69) is 4.98 Å². The molecule has 2 rings (SSSR count). The van der Waals surface area contributed by atoms with E-state index in [9.17, 15) is 19.7 Å². The van der Waals surface area contributed by atoms with E-state index in [0.29, 0.717) is 16.8 Å². The summed E-state index contributed by atoms with van der Waals surface area (Å²) >= 11 is 0. The Labute approximate surface area is 125 Å². The second-order valence-corrected chi connectivity index (χ2v) is 4.74. The first-order chi connectivity index (χ1) is 10.4. The first-order valence-corrected chi connectivity index (χ1v) is 6.36. The molecule has 0 bridgehead atoms. The molecule has 4 N–H and O–H groups in total. The first-order valence-electron chi connectivity index (χ1n) is 6.36. The van der Waals surface area contributed by atoms with Gasteiger partial charge in [0.25, 0.3) is 11.6 Å². The highest BCUT2D eigenvalue weighted by Gasteiger charge is 2.23. The van der Waals surface area contributed by atoms with Crippen LogP contribution >= 0.6 is 0 Å². The summed E-state index contributed by atoms with van der Waals surface area (Å²) in [6.45, 7) is 3.25. The average Bonchev–Trinajstić information content (AvgIpc) is 2.80. The zero-order valence-electron chi connectivity index (χ0n) is 12.0. The third kappa shape index (κ3) is 2.59. The summed E-state index contributed by atoms with van der Waals surface area (Å²) in [5, 5.41) is 10.8. The highest BCUT2D eigenvalue weighted by atomic mass is 16.6. The number of hydrogen-bond donors (Lipinski definition) is 3. The summed E-state index contributed by atoms with van der Waals surface area (Å²) in [5.41, 5.74) is 3.43. The molecular weight excluding hydrogens is 288 g/mol. The second kappa shape index (κ2) is 5.78. The summed E-state index contributed by atoms with van der Waals surface area (Å²) in [4.78, 5) is 37.3. The van der Waals surface area contributed by atoms with Crippen molar-refractivity contribution in [1.29, 1.82) is 0 Å². The number of benzene rings is 1. The molecule has 1 aromatic carbocycles. The highest BCUT2D eigenvalue weighted by Crippen LogP contribution is 2.23. The number of aromatic nitrogens is 1. The van der Waals surface area contributed by atoms with Gasteiger partial charge >= 0.3 is 0 Å². The van der Waals surface area contributed by atoms with Crippen LogP contribution in [0.4, 0.5) is 5.69 Å². The fourth-order valence-electron chi connectivity index (χ4n) is 2.29. The molecule has 2 aromatic rings. The van der Waals surface area contributed by atoms with Gasteiger partial charge in [0.05, 0.1) is 4.92 Å². The molecule has 8 nitrogen and oxygen atoms in total. The number of aromatic amines is 1. The average molecular weight is 302 g/mol. The standard InChI is InChI=1S/C14H14N4O4/c1-7-11(8(2)16-12(7)14(20)17-15)13(19)9-4-3-5-10(6-9)18(21)22/h3-6,16H,15H2,1-2H3,(H,17,20). The number of nitrogens with zero attached hydrogens (tertiary/aromatic N) is 1. The number of hydrazine groups is 1. The number of ketones is 1. The third-order valence-corrected chi connectivity index (χ3v) is 3.34. The molecule has 0 aliphatic heterocycles. The number of aryl methyl sites for hydroxylation is 1. The molecule has 0 fully saturated rings. The predicted molar refractivity (Wildman–Crippen MR) is 78.4 cm³/mol. The molecule has 1 amide bonds. The van der Waals surface area contributed by atoms with Crippen LogP contribution in [-0.4, -0.2) is 21.6 Å². The molecule has 8 heteroatoms. The van der Waals surface area contributed by atoms with Gasteiger partial charge in [-0.1, -0.05) is 12.1 Å². The molecule has 0 saturated heterocycles. The van der Waals surface area contributed by atoms with Crippen LogP contribution in [0.5, 0.6) is 0 Å². The number of nitro groups is 1. The van der Waals surface area contributed by atoms with Gasteiger partial charge in [0.1, 0.15) is 5.69 Å². The molecular formula is C14H14N4O4. The number of nitro benzene ring substituents is 1. The van der Waals surface area contributed by atoms with Gasteiger partial charge in [0.15, 0.2) is 5.78 Å². The van der Waals surface area contributed by atoms with Crippen LogP contribution in [0.3, 0.4) is 0 Å². The summed E-state index contributed by atoms with van der Waals surface area (Å²) in [7, 11) is 0. The van der Waals surface area contributed by atoms with Gasteiger partial charge in [-0.25, -0.2) is 5.84 Å². The fraction of sp³-hybridized carbons (Fsp3) is 0.143. The molecule has 0 unspecified atom stereocenters. The van der Waals surface area contributed by atoms with Crippen LogP contribution in [0.2, 0.25) is 0 Å². The van der Waals surface area contributed by atoms with Crippen molar-refractivity contribution < 1.29 is 14.5 Å². The normalized spacial score (nSPS) is 10.3. The van der Waals surface area contributed by atoms with Gasteiger partial charge in [0.2, 0.25) is 0 Å². The van der Waals surface area contributed by atoms with Gasteiger partial charge in [-0.3, -0.25) is 25.1 Å². The van der Waals surface area contributed by atoms with Crippen molar-refractivity contribution in [2.24, 2.45) is 5.84 Å². The maximum atomic E-state index is 12.6. The molecule has 1 aromatic heterocycles. The minimum atomic E-state index is -0.569. The van der Waals surface area contributed by atoms with Crippen molar-refractivity contribution in [2.75, 3.05) is 0 Å². The molecule has 0 atom stereocenters. The van der Waals surface area contributed by atoms with Crippen LogP contribution in [0, 0.1) is 24.0 Å². The number of H-pyrrole nitrogens is 1. The van der Waals surface area contributed by atoms with E-state index in [4.69, 9.17) is 5.84 Å². The number of nitrogens with two attached hydrogens (primary N) is 1. The van der Waals surface area contributed by atoms with Crippen LogP contribution in [0.25, 0.3) is 0 Å². The van der Waals surface area contributed by atoms with Gasteiger partial charge < -0.3 is 4.98 Å². The van der Waals surface area contributed by atoms with Gasteiger partial charge in [-0.05, 0) is 19.4 Å². The third-order valence-electron chi connectivity index (χ3n) is 3.34. The summed E-state index contributed by atoms with van der Waals surface area (Å²) in [5.74, 6) is 4.15. The quantitative estimate of drug-likeness (QED) is 0.258. The smallest absolute Gasteiger partial charge is 0.281 e. The summed E-state index contributed by atoms with van der Waals surface area (Å²) in [6.07, 6.45) is 0. The van der Waals surface area contributed by atoms with E-state index in [1.54, 1.807) is 13.8 Å². The van der Waals surface area contributed by atoms with Crippen molar-refractivity contribution in [2.45, 2.75) is 13.8 Å². The fourth-order valence-corrected chi connectivity index (χ4v) is 2.29. The monoisotopic (exact) mass is 302 g/mol. The van der Waals surface area contributed by atoms with Crippen LogP contribution in [0.15, 0.2) is 24.3 Å². The molecule has 1 heterocycles. The van der Waals surface area contributed by atoms with E-state index in [0.717, 1.165) is 0 Å². The lowest BCUT2D eigenvalue weighted by molar-refractivity contribution is -0.384. The first kappa shape index (κ1) is 15.4. The van der Waals surface area contributed by atoms with E-state index in [1.165, 1.54) is 24.3 Å². The number of hydrogen-bond acceptors (Lipinski definition) is 5. The minimum Gasteiger partial charge on any atom is -0.354 e. The Hall–Kier alpha value is -3.00. The minimum absolute atomic E-state index is 0.170. The van der Waals surface area contributed by atoms with Crippen molar-refractivity contribution in [3.05, 3.63) is 62.5 Å². The predicted octanol–water partition coefficient (Wildman–Crippen LogP) is 1.37. The van der Waals surface area contributed by atoms with Crippen molar-refractivity contribution in [3.63, 3.8) is 0 Å². The Kier molecular flexibility index (Phi) is 4.04. The van der Waals surface area contributed by atoms with Crippen molar-refractivity contribution >= 4 is 17.4 Å². The molecule has 114 valence electrons. The van der Waals surface area contributed by atoms with Crippen LogP contribution in [-0.2, 0) is 0 Å². The van der Waals surface area contributed by atoms with Crippen LogP contribution in [0.1, 0.15) is 37.7 Å². The lowest BCUT2D eigenvalue weighted by Crippen LogP contribution is -2.30. The van der Waals surface area contributed by atoms with E-state index in [1.807, 2.05) is 5.43 Å². The molecule has 0 aliphatic rings. The molecule has 22 heavy (non-hydrogen) atoms. The Balaban J connectivity index is 2.50. The number of amides is 1. The zero-order valence-corrected chi connectivity index (χ0v) is 12.0. The molecule has 0 aliphatic carbocycles. The largest absolute Gasteiger partial charge is 0.354 e. The number of nitrogens with one attached hydrogen (secondary N) is 2. The molecule has 0 saturated carbocycles. The summed E-state index contributed by atoms with van der Waals surface area (Å²) < 4.78 is 0. The van der Waals surface area contributed by atoms with Gasteiger partial charge in [0, 0.05) is 29.0 Å². The topological polar surface area (TPSA) is 131 Å². The Morgan fingerprint density at radius 3 is 2.59 bits per heavy atom. The van der Waals surface area contributed by atoms with E-state index in [-0.39, 0.29) is 16.9 Å². The number of carbonyl (C=O) groups excluding carboxylic acids is 2. The Morgan fingerprint density at radius 2 is 2.00 bits per heavy atom. The van der Waals surface area contributed by atoms with Gasteiger partial charge in [-0.2, -0.15) is 0 Å². The van der Waals surface area contributed by atoms with Gasteiger partial charge in [-0.15, -0.1) is 0 Å². The molecule has 0 spiro atoms. The number of rotatable bonds is 4. The van der Waals surface area contributed by atoms with E-state index >= 15 is 0 Å². The second-order valence-electron chi connectivity index (χ2n) is 4.74. The van der Waals surface area contributed by atoms with Crippen LogP contribution < -0.4 is 11.3 Å². The number of nitrogen functional groups attached to an aromatic ring is 1. The van der Waals surface area contributed by atoms with Crippen molar-refractivity contribution in [3.8, 4) is 0 Å². The lowest BCUT2D eigenvalue weighted by Gasteiger charge is -2.03. The Morgan fingerprint density at radius 1 is 1.32 bits per heavy atom.